The van der Waals surface area contributed by atoms with Crippen molar-refractivity contribution >= 4 is 28.8 Å². The summed E-state index contributed by atoms with van der Waals surface area (Å²) in [7, 11) is 0. The molecule has 0 bridgehead atoms. The third-order valence-corrected chi connectivity index (χ3v) is 6.73. The molecule has 0 unspecified atom stereocenters. The van der Waals surface area contributed by atoms with Gasteiger partial charge in [0.1, 0.15) is 10.7 Å². The Morgan fingerprint density at radius 3 is 2.09 bits per heavy atom. The molecule has 0 amide bonds. The number of benzene rings is 1. The fourth-order valence-electron chi connectivity index (χ4n) is 4.49. The predicted molar refractivity (Wildman–Crippen MR) is 142 cm³/mol. The first kappa shape index (κ1) is 25.8. The van der Waals surface area contributed by atoms with E-state index in [1.54, 1.807) is 0 Å². The van der Waals surface area contributed by atoms with Crippen LogP contribution in [0.4, 0.5) is 0 Å². The van der Waals surface area contributed by atoms with E-state index in [2.05, 4.69) is 6.58 Å². The van der Waals surface area contributed by atoms with Gasteiger partial charge in [0.2, 0.25) is 0 Å². The minimum atomic E-state index is 0.0443. The van der Waals surface area contributed by atoms with Crippen molar-refractivity contribution in [3.63, 3.8) is 0 Å². The van der Waals surface area contributed by atoms with Crippen molar-refractivity contribution in [2.45, 2.75) is 77.6 Å². The summed E-state index contributed by atoms with van der Waals surface area (Å²) in [5.41, 5.74) is 9.08. The summed E-state index contributed by atoms with van der Waals surface area (Å²) >= 11 is 4.96. The van der Waals surface area contributed by atoms with Crippen LogP contribution in [0.3, 0.4) is 0 Å². The molecule has 0 heterocycles. The maximum absolute atomic E-state index is 12.8. The molecule has 4 nitrogen and oxygen atoms in total. The SMILES string of the molecule is C=C(CCCCCCCCCC1=C(C)C(=O)C2=CCCC=C2C1=O)Oc1ccc(C(N)=S)cc1. The Balaban J connectivity index is 1.27. The molecule has 0 atom stereocenters. The number of thiocarbonyl (C=S) groups is 1. The van der Waals surface area contributed by atoms with Gasteiger partial charge in [-0.1, -0.05) is 63.1 Å². The van der Waals surface area contributed by atoms with Crippen molar-refractivity contribution in [2.24, 2.45) is 5.73 Å². The molecule has 180 valence electrons. The highest BCUT2D eigenvalue weighted by Crippen LogP contribution is 2.33. The Labute approximate surface area is 208 Å². The molecule has 1 aromatic carbocycles. The molecule has 2 aliphatic carbocycles. The summed E-state index contributed by atoms with van der Waals surface area (Å²) < 4.78 is 5.78. The molecule has 0 fully saturated rings. The van der Waals surface area contributed by atoms with Crippen LogP contribution in [0.2, 0.25) is 0 Å². The highest BCUT2D eigenvalue weighted by atomic mass is 32.1. The van der Waals surface area contributed by atoms with E-state index in [-0.39, 0.29) is 11.6 Å². The van der Waals surface area contributed by atoms with E-state index in [0.717, 1.165) is 74.0 Å². The second kappa shape index (κ2) is 12.6. The highest BCUT2D eigenvalue weighted by molar-refractivity contribution is 7.80. The molecule has 2 aliphatic rings. The van der Waals surface area contributed by atoms with E-state index in [0.29, 0.717) is 28.1 Å². The number of rotatable bonds is 13. The van der Waals surface area contributed by atoms with E-state index >= 15 is 0 Å². The molecule has 0 spiro atoms. The summed E-state index contributed by atoms with van der Waals surface area (Å²) in [6.45, 7) is 5.83. The van der Waals surface area contributed by atoms with Gasteiger partial charge in [-0.3, -0.25) is 9.59 Å². The minimum Gasteiger partial charge on any atom is -0.462 e. The number of Topliss-reactive ketones (excluding diaryl/α,β-unsaturated/α-hetero) is 2. The van der Waals surface area contributed by atoms with Crippen molar-refractivity contribution in [3.8, 4) is 5.75 Å². The average molecular weight is 478 g/mol. The lowest BCUT2D eigenvalue weighted by atomic mass is 9.78. The molecule has 0 aromatic heterocycles. The molecular formula is C29H35NO3S. The van der Waals surface area contributed by atoms with Crippen LogP contribution in [0, 0.1) is 0 Å². The molecule has 0 saturated carbocycles. The standard InChI is InChI=1S/C29H35NO3S/c1-20(33-23-18-16-22(17-19-23)29(30)34)12-8-6-4-3-5-7-9-13-24-21(2)27(31)25-14-10-11-15-26(25)28(24)32/h14-19H,1,3-13H2,2H3,(H2,30,34). The Kier molecular flexibility index (Phi) is 9.58. The van der Waals surface area contributed by atoms with Gasteiger partial charge >= 0.3 is 0 Å². The number of carbonyl (C=O) groups is 2. The second-order valence-corrected chi connectivity index (χ2v) is 9.52. The molecule has 0 aliphatic heterocycles. The third kappa shape index (κ3) is 6.86. The van der Waals surface area contributed by atoms with Crippen LogP contribution in [-0.2, 0) is 9.59 Å². The number of unbranched alkanes of at least 4 members (excludes halogenated alkanes) is 6. The predicted octanol–water partition coefficient (Wildman–Crippen LogP) is 6.84. The molecule has 0 saturated heterocycles. The summed E-state index contributed by atoms with van der Waals surface area (Å²) in [6, 6.07) is 7.42. The normalized spacial score (nSPS) is 15.6. The van der Waals surface area contributed by atoms with E-state index < -0.39 is 0 Å². The first-order valence-corrected chi connectivity index (χ1v) is 12.7. The number of ether oxygens (including phenoxy) is 1. The van der Waals surface area contributed by atoms with Crippen LogP contribution in [0.5, 0.6) is 5.75 Å². The van der Waals surface area contributed by atoms with E-state index in [1.165, 1.54) is 12.8 Å². The number of nitrogens with two attached hydrogens (primary N) is 1. The lowest BCUT2D eigenvalue weighted by Crippen LogP contribution is -2.25. The van der Waals surface area contributed by atoms with Crippen molar-refractivity contribution in [1.29, 1.82) is 0 Å². The monoisotopic (exact) mass is 477 g/mol. The van der Waals surface area contributed by atoms with E-state index in [9.17, 15) is 9.59 Å². The summed E-state index contributed by atoms with van der Waals surface area (Å²) in [4.78, 5) is 25.8. The van der Waals surface area contributed by atoms with Gasteiger partial charge in [0, 0.05) is 34.3 Å². The van der Waals surface area contributed by atoms with Gasteiger partial charge in [-0.25, -0.2) is 0 Å². The number of hydrogen-bond donors (Lipinski definition) is 1. The van der Waals surface area contributed by atoms with E-state index in [4.69, 9.17) is 22.7 Å². The molecule has 2 N–H and O–H groups in total. The Bertz CT molecular complexity index is 1040. The Morgan fingerprint density at radius 2 is 1.47 bits per heavy atom. The van der Waals surface area contributed by atoms with Crippen molar-refractivity contribution in [1.82, 2.24) is 0 Å². The zero-order chi connectivity index (χ0) is 24.5. The largest absolute Gasteiger partial charge is 0.462 e. The topological polar surface area (TPSA) is 69.4 Å². The number of hydrogen-bond acceptors (Lipinski definition) is 4. The van der Waals surface area contributed by atoms with Gasteiger partial charge in [0.25, 0.3) is 0 Å². The number of allylic oxidation sites excluding steroid dienone is 7. The first-order valence-electron chi connectivity index (χ1n) is 12.3. The fourth-order valence-corrected chi connectivity index (χ4v) is 4.63. The summed E-state index contributed by atoms with van der Waals surface area (Å²) in [5, 5.41) is 0. The van der Waals surface area contributed by atoms with E-state index in [1.807, 2.05) is 43.3 Å². The zero-order valence-electron chi connectivity index (χ0n) is 20.2. The van der Waals surface area contributed by atoms with Crippen molar-refractivity contribution in [3.05, 3.63) is 76.6 Å². The molecule has 0 radical (unpaired) electrons. The number of fused-ring (bicyclic) bond motifs is 1. The van der Waals surface area contributed by atoms with Gasteiger partial charge in [-0.2, -0.15) is 0 Å². The fraction of sp³-hybridized carbons (Fsp3) is 0.414. The van der Waals surface area contributed by atoms with Gasteiger partial charge in [-0.15, -0.1) is 0 Å². The smallest absolute Gasteiger partial charge is 0.189 e. The van der Waals surface area contributed by atoms with Gasteiger partial charge in [-0.05, 0) is 63.3 Å². The van der Waals surface area contributed by atoms with Crippen LogP contribution in [-0.4, -0.2) is 16.6 Å². The lowest BCUT2D eigenvalue weighted by molar-refractivity contribution is -0.116. The lowest BCUT2D eigenvalue weighted by Gasteiger charge is -2.23. The van der Waals surface area contributed by atoms with Crippen LogP contribution in [0.1, 0.15) is 83.1 Å². The summed E-state index contributed by atoms with van der Waals surface area (Å²) in [6.07, 6.45) is 14.8. The maximum Gasteiger partial charge on any atom is 0.189 e. The molecule has 3 rings (SSSR count). The van der Waals surface area contributed by atoms with Crippen LogP contribution in [0.15, 0.2) is 71.0 Å². The first-order chi connectivity index (χ1) is 16.4. The molecule has 5 heteroatoms. The maximum atomic E-state index is 12.8. The third-order valence-electron chi connectivity index (χ3n) is 6.49. The van der Waals surface area contributed by atoms with Crippen LogP contribution in [0.25, 0.3) is 0 Å². The van der Waals surface area contributed by atoms with Gasteiger partial charge in [0.05, 0.1) is 5.76 Å². The number of ketones is 2. The van der Waals surface area contributed by atoms with Gasteiger partial charge < -0.3 is 10.5 Å². The average Bonchev–Trinajstić information content (AvgIpc) is 2.83. The zero-order valence-corrected chi connectivity index (χ0v) is 21.0. The molecule has 1 aromatic rings. The minimum absolute atomic E-state index is 0.0443. The van der Waals surface area contributed by atoms with Crippen LogP contribution < -0.4 is 10.5 Å². The second-order valence-electron chi connectivity index (χ2n) is 9.08. The summed E-state index contributed by atoms with van der Waals surface area (Å²) in [5.74, 6) is 1.64. The number of carbonyl (C=O) groups excluding carboxylic acids is 2. The Hall–Kier alpha value is -2.79. The van der Waals surface area contributed by atoms with Crippen molar-refractivity contribution in [2.75, 3.05) is 0 Å². The highest BCUT2D eigenvalue weighted by Gasteiger charge is 2.32. The quantitative estimate of drug-likeness (QED) is 0.191. The van der Waals surface area contributed by atoms with Crippen LogP contribution >= 0.6 is 12.2 Å². The molecular weight excluding hydrogens is 442 g/mol. The van der Waals surface area contributed by atoms with Crippen molar-refractivity contribution < 1.29 is 14.3 Å². The Morgan fingerprint density at radius 1 is 0.912 bits per heavy atom. The van der Waals surface area contributed by atoms with Gasteiger partial charge in [0.15, 0.2) is 11.6 Å². The molecule has 34 heavy (non-hydrogen) atoms.